The Morgan fingerprint density at radius 2 is 1.41 bits per heavy atom. The van der Waals surface area contributed by atoms with Gasteiger partial charge >= 0.3 is 11.9 Å². The lowest BCUT2D eigenvalue weighted by atomic mass is 10.1. The number of hydrogen-bond acceptors (Lipinski definition) is 8. The molecule has 0 aliphatic heterocycles. The van der Waals surface area contributed by atoms with Crippen molar-refractivity contribution >= 4 is 39.2 Å². The highest BCUT2D eigenvalue weighted by Crippen LogP contribution is 2.23. The first kappa shape index (κ1) is 27.2. The van der Waals surface area contributed by atoms with Crippen LogP contribution in [0.2, 0.25) is 0 Å². The van der Waals surface area contributed by atoms with Crippen molar-refractivity contribution in [2.75, 3.05) is 36.6 Å². The fourth-order valence-electron chi connectivity index (χ4n) is 3.35. The van der Waals surface area contributed by atoms with Crippen LogP contribution in [0, 0.1) is 0 Å². The molecule has 37 heavy (non-hydrogen) atoms. The molecular weight excluding hydrogens is 500 g/mol. The van der Waals surface area contributed by atoms with Gasteiger partial charge in [-0.05, 0) is 48.0 Å². The summed E-state index contributed by atoms with van der Waals surface area (Å²) in [4.78, 5) is 36.8. The molecule has 0 radical (unpaired) electrons. The van der Waals surface area contributed by atoms with E-state index < -0.39 is 34.4 Å². The topological polar surface area (TPSA) is 128 Å². The van der Waals surface area contributed by atoms with Gasteiger partial charge in [-0.1, -0.05) is 30.3 Å². The molecule has 11 heteroatoms. The molecule has 0 atom stereocenters. The van der Waals surface area contributed by atoms with Crippen molar-refractivity contribution < 1.29 is 37.0 Å². The number of benzene rings is 3. The Kier molecular flexibility index (Phi) is 8.86. The largest absolute Gasteiger partial charge is 0.489 e. The fourth-order valence-corrected chi connectivity index (χ4v) is 4.21. The second-order valence-electron chi connectivity index (χ2n) is 7.87. The highest BCUT2D eigenvalue weighted by molar-refractivity contribution is 7.92. The standard InChI is InChI=1S/C26H26N2O8S/c1-34-25(30)19-13-20(26(31)35-2)15-21(14-19)27-24(29)16-28(37(3,32)33)22-9-11-23(12-10-22)36-17-18-7-5-4-6-8-18/h4-15H,16-17H2,1-3H3,(H,27,29). The maximum absolute atomic E-state index is 12.8. The first-order valence-electron chi connectivity index (χ1n) is 11.0. The van der Waals surface area contributed by atoms with Crippen LogP contribution < -0.4 is 14.4 Å². The summed E-state index contributed by atoms with van der Waals surface area (Å²) in [6.45, 7) is -0.213. The van der Waals surface area contributed by atoms with Crippen molar-refractivity contribution in [2.45, 2.75) is 6.61 Å². The number of ether oxygens (including phenoxy) is 3. The Hall–Kier alpha value is -4.38. The van der Waals surface area contributed by atoms with Crippen LogP contribution >= 0.6 is 0 Å². The van der Waals surface area contributed by atoms with Gasteiger partial charge in [0, 0.05) is 5.69 Å². The number of carbonyl (C=O) groups is 3. The number of methoxy groups -OCH3 is 2. The third-order valence-electron chi connectivity index (χ3n) is 5.12. The summed E-state index contributed by atoms with van der Waals surface area (Å²) in [6.07, 6.45) is 0.979. The minimum atomic E-state index is -3.84. The molecule has 3 aromatic rings. The fraction of sp³-hybridized carbons (Fsp3) is 0.192. The van der Waals surface area contributed by atoms with E-state index in [-0.39, 0.29) is 22.5 Å². The zero-order chi connectivity index (χ0) is 27.0. The number of anilines is 2. The number of rotatable bonds is 10. The van der Waals surface area contributed by atoms with E-state index in [9.17, 15) is 22.8 Å². The van der Waals surface area contributed by atoms with Gasteiger partial charge in [0.1, 0.15) is 18.9 Å². The molecule has 0 fully saturated rings. The predicted molar refractivity (Wildman–Crippen MR) is 137 cm³/mol. The first-order valence-corrected chi connectivity index (χ1v) is 12.8. The number of hydrogen-bond donors (Lipinski definition) is 1. The van der Waals surface area contributed by atoms with Crippen LogP contribution in [0.3, 0.4) is 0 Å². The van der Waals surface area contributed by atoms with E-state index in [4.69, 9.17) is 4.74 Å². The molecule has 0 saturated heterocycles. The van der Waals surface area contributed by atoms with Gasteiger partial charge in [0.25, 0.3) is 0 Å². The van der Waals surface area contributed by atoms with Crippen LogP contribution in [0.5, 0.6) is 5.75 Å². The molecule has 194 valence electrons. The highest BCUT2D eigenvalue weighted by atomic mass is 32.2. The normalized spacial score (nSPS) is 10.8. The summed E-state index contributed by atoms with van der Waals surface area (Å²) >= 11 is 0. The van der Waals surface area contributed by atoms with Gasteiger partial charge in [0.05, 0.1) is 37.3 Å². The third-order valence-corrected chi connectivity index (χ3v) is 6.26. The number of carbonyl (C=O) groups excluding carboxylic acids is 3. The maximum atomic E-state index is 12.8. The Bertz CT molecular complexity index is 1340. The molecule has 1 N–H and O–H groups in total. The summed E-state index contributed by atoms with van der Waals surface area (Å²) in [5, 5.41) is 2.52. The molecule has 0 saturated carbocycles. The number of nitrogens with one attached hydrogen (secondary N) is 1. The molecule has 0 heterocycles. The van der Waals surface area contributed by atoms with Crippen molar-refractivity contribution in [3.8, 4) is 5.75 Å². The quantitative estimate of drug-likeness (QED) is 0.399. The van der Waals surface area contributed by atoms with Crippen LogP contribution in [0.15, 0.2) is 72.8 Å². The van der Waals surface area contributed by atoms with Gasteiger partial charge in [-0.2, -0.15) is 0 Å². The second kappa shape index (κ2) is 12.0. The van der Waals surface area contributed by atoms with Gasteiger partial charge in [-0.15, -0.1) is 0 Å². The van der Waals surface area contributed by atoms with E-state index >= 15 is 0 Å². The first-order chi connectivity index (χ1) is 17.6. The minimum absolute atomic E-state index is 0.00626. The molecular formula is C26H26N2O8S. The lowest BCUT2D eigenvalue weighted by Gasteiger charge is -2.22. The Morgan fingerprint density at radius 1 is 0.838 bits per heavy atom. The lowest BCUT2D eigenvalue weighted by Crippen LogP contribution is -2.37. The van der Waals surface area contributed by atoms with E-state index in [0.29, 0.717) is 12.4 Å². The van der Waals surface area contributed by atoms with Crippen LogP contribution in [-0.4, -0.2) is 53.3 Å². The van der Waals surface area contributed by atoms with E-state index in [2.05, 4.69) is 14.8 Å². The Balaban J connectivity index is 1.76. The van der Waals surface area contributed by atoms with E-state index in [1.165, 1.54) is 44.6 Å². The molecule has 0 bridgehead atoms. The average Bonchev–Trinajstić information content (AvgIpc) is 2.89. The van der Waals surface area contributed by atoms with Gasteiger partial charge in [-0.3, -0.25) is 9.10 Å². The molecule has 1 amide bonds. The predicted octanol–water partition coefficient (Wildman–Crippen LogP) is 3.24. The maximum Gasteiger partial charge on any atom is 0.337 e. The summed E-state index contributed by atoms with van der Waals surface area (Å²) in [6, 6.07) is 19.7. The Morgan fingerprint density at radius 3 is 1.92 bits per heavy atom. The van der Waals surface area contributed by atoms with Crippen molar-refractivity contribution in [1.82, 2.24) is 0 Å². The molecule has 10 nitrogen and oxygen atoms in total. The van der Waals surface area contributed by atoms with E-state index in [1.807, 2.05) is 30.3 Å². The molecule has 0 spiro atoms. The minimum Gasteiger partial charge on any atom is -0.489 e. The zero-order valence-corrected chi connectivity index (χ0v) is 21.3. The molecule has 0 unspecified atom stereocenters. The van der Waals surface area contributed by atoms with Gasteiger partial charge < -0.3 is 19.5 Å². The second-order valence-corrected chi connectivity index (χ2v) is 9.78. The van der Waals surface area contributed by atoms with Crippen LogP contribution in [-0.2, 0) is 30.9 Å². The molecule has 0 aromatic heterocycles. The number of esters is 2. The summed E-state index contributed by atoms with van der Waals surface area (Å²) < 4.78 is 41.0. The summed E-state index contributed by atoms with van der Waals surface area (Å²) in [5.74, 6) is -1.63. The van der Waals surface area contributed by atoms with Gasteiger partial charge in [-0.25, -0.2) is 18.0 Å². The molecule has 3 aromatic carbocycles. The number of nitrogens with zero attached hydrogens (tertiary/aromatic N) is 1. The van der Waals surface area contributed by atoms with Crippen molar-refractivity contribution in [3.63, 3.8) is 0 Å². The van der Waals surface area contributed by atoms with Crippen LogP contribution in [0.1, 0.15) is 26.3 Å². The van der Waals surface area contributed by atoms with Gasteiger partial charge in [0.15, 0.2) is 0 Å². The Labute approximate surface area is 214 Å². The summed E-state index contributed by atoms with van der Waals surface area (Å²) in [5.41, 5.74) is 1.33. The van der Waals surface area contributed by atoms with Crippen molar-refractivity contribution in [2.24, 2.45) is 0 Å². The van der Waals surface area contributed by atoms with Crippen LogP contribution in [0.4, 0.5) is 11.4 Å². The third kappa shape index (κ3) is 7.55. The van der Waals surface area contributed by atoms with Crippen molar-refractivity contribution in [1.29, 1.82) is 0 Å². The summed E-state index contributed by atoms with van der Waals surface area (Å²) in [7, 11) is -1.49. The molecule has 0 aliphatic rings. The van der Waals surface area contributed by atoms with Gasteiger partial charge in [0.2, 0.25) is 15.9 Å². The monoisotopic (exact) mass is 526 g/mol. The molecule has 0 aliphatic carbocycles. The van der Waals surface area contributed by atoms with Crippen LogP contribution in [0.25, 0.3) is 0 Å². The number of sulfonamides is 1. The van der Waals surface area contributed by atoms with Crippen molar-refractivity contribution in [3.05, 3.63) is 89.5 Å². The average molecular weight is 527 g/mol. The molecule has 3 rings (SSSR count). The number of amides is 1. The zero-order valence-electron chi connectivity index (χ0n) is 20.5. The SMILES string of the molecule is COC(=O)c1cc(NC(=O)CN(c2ccc(OCc3ccccc3)cc2)S(C)(=O)=O)cc(C(=O)OC)c1. The lowest BCUT2D eigenvalue weighted by molar-refractivity contribution is -0.114. The van der Waals surface area contributed by atoms with E-state index in [0.717, 1.165) is 16.1 Å². The highest BCUT2D eigenvalue weighted by Gasteiger charge is 2.22. The smallest absolute Gasteiger partial charge is 0.337 e. The van der Waals surface area contributed by atoms with E-state index in [1.54, 1.807) is 12.1 Å².